The minimum atomic E-state index is -0.451. The molecule has 0 aliphatic heterocycles. The van der Waals surface area contributed by atoms with Crippen molar-refractivity contribution in [1.29, 1.82) is 0 Å². The summed E-state index contributed by atoms with van der Waals surface area (Å²) in [7, 11) is 0. The number of carbonyl (C=O) groups excluding carboxylic acids is 1. The fourth-order valence-corrected chi connectivity index (χ4v) is 3.08. The molecule has 3 N–H and O–H groups in total. The van der Waals surface area contributed by atoms with Crippen LogP contribution in [-0.2, 0) is 6.54 Å². The summed E-state index contributed by atoms with van der Waals surface area (Å²) in [5.74, 6) is -0.899. The SMILES string of the molecule is Nc1onc(-c2ccc(Cl)s2)c1C(=O)NCc1cccc(F)c1. The maximum Gasteiger partial charge on any atom is 0.259 e. The number of hydrogen-bond donors (Lipinski definition) is 2. The lowest BCUT2D eigenvalue weighted by Gasteiger charge is -2.05. The quantitative estimate of drug-likeness (QED) is 0.750. The maximum atomic E-state index is 13.1. The first kappa shape index (κ1) is 15.5. The highest BCUT2D eigenvalue weighted by Gasteiger charge is 2.23. The predicted octanol–water partition coefficient (Wildman–Crippen LogP) is 3.71. The van der Waals surface area contributed by atoms with Gasteiger partial charge in [-0.2, -0.15) is 0 Å². The van der Waals surface area contributed by atoms with Crippen LogP contribution in [0.3, 0.4) is 0 Å². The van der Waals surface area contributed by atoms with Gasteiger partial charge in [-0.1, -0.05) is 28.9 Å². The van der Waals surface area contributed by atoms with E-state index in [1.54, 1.807) is 24.3 Å². The first-order chi connectivity index (χ1) is 11.0. The summed E-state index contributed by atoms with van der Waals surface area (Å²) >= 11 is 7.16. The first-order valence-corrected chi connectivity index (χ1v) is 7.77. The zero-order chi connectivity index (χ0) is 16.4. The van der Waals surface area contributed by atoms with Crippen molar-refractivity contribution in [3.8, 4) is 10.6 Å². The van der Waals surface area contributed by atoms with Crippen LogP contribution < -0.4 is 11.1 Å². The third kappa shape index (κ3) is 3.35. The molecule has 0 radical (unpaired) electrons. The van der Waals surface area contributed by atoms with Gasteiger partial charge in [0.15, 0.2) is 0 Å². The maximum absolute atomic E-state index is 13.1. The molecule has 8 heteroatoms. The van der Waals surface area contributed by atoms with Crippen molar-refractivity contribution in [3.05, 3.63) is 57.7 Å². The number of thiophene rings is 1. The van der Waals surface area contributed by atoms with Crippen molar-refractivity contribution in [2.75, 3.05) is 5.73 Å². The monoisotopic (exact) mass is 351 g/mol. The van der Waals surface area contributed by atoms with E-state index in [0.717, 1.165) is 0 Å². The number of nitrogens with zero attached hydrogens (tertiary/aromatic N) is 1. The van der Waals surface area contributed by atoms with Gasteiger partial charge in [-0.3, -0.25) is 4.79 Å². The number of nitrogen functional groups attached to an aromatic ring is 1. The highest BCUT2D eigenvalue weighted by molar-refractivity contribution is 7.19. The molecule has 118 valence electrons. The van der Waals surface area contributed by atoms with Crippen LogP contribution in [0.25, 0.3) is 10.6 Å². The summed E-state index contributed by atoms with van der Waals surface area (Å²) < 4.78 is 18.6. The third-order valence-electron chi connectivity index (χ3n) is 3.09. The molecule has 0 aliphatic rings. The van der Waals surface area contributed by atoms with Gasteiger partial charge in [0.1, 0.15) is 17.1 Å². The fourth-order valence-electron chi connectivity index (χ4n) is 2.05. The Morgan fingerprint density at radius 3 is 2.91 bits per heavy atom. The second-order valence-electron chi connectivity index (χ2n) is 4.69. The molecule has 0 aliphatic carbocycles. The highest BCUT2D eigenvalue weighted by atomic mass is 35.5. The molecular weight excluding hydrogens is 341 g/mol. The van der Waals surface area contributed by atoms with Crippen molar-refractivity contribution in [1.82, 2.24) is 10.5 Å². The number of rotatable bonds is 4. The van der Waals surface area contributed by atoms with E-state index < -0.39 is 5.91 Å². The standard InChI is InChI=1S/C15H11ClFN3O2S/c16-11-5-4-10(23-11)13-12(14(18)22-20-13)15(21)19-7-8-2-1-3-9(17)6-8/h1-6H,7,18H2,(H,19,21). The predicted molar refractivity (Wildman–Crippen MR) is 86.8 cm³/mol. The first-order valence-electron chi connectivity index (χ1n) is 6.58. The molecule has 1 amide bonds. The van der Waals surface area contributed by atoms with E-state index in [-0.39, 0.29) is 23.8 Å². The molecule has 2 heterocycles. The number of amides is 1. The van der Waals surface area contributed by atoms with Crippen LogP contribution in [0.15, 0.2) is 40.9 Å². The van der Waals surface area contributed by atoms with Crippen LogP contribution in [0.5, 0.6) is 0 Å². The Balaban J connectivity index is 1.81. The van der Waals surface area contributed by atoms with E-state index in [0.29, 0.717) is 20.5 Å². The Hall–Kier alpha value is -2.38. The Kier molecular flexibility index (Phi) is 4.31. The number of anilines is 1. The lowest BCUT2D eigenvalue weighted by molar-refractivity contribution is 0.0952. The normalized spacial score (nSPS) is 10.7. The molecule has 2 aromatic heterocycles. The van der Waals surface area contributed by atoms with Crippen LogP contribution in [0.2, 0.25) is 4.34 Å². The van der Waals surface area contributed by atoms with E-state index >= 15 is 0 Å². The summed E-state index contributed by atoms with van der Waals surface area (Å²) in [6, 6.07) is 9.39. The Morgan fingerprint density at radius 1 is 1.39 bits per heavy atom. The molecule has 0 spiro atoms. The molecule has 0 saturated heterocycles. The topological polar surface area (TPSA) is 81.2 Å². The second-order valence-corrected chi connectivity index (χ2v) is 6.40. The van der Waals surface area contributed by atoms with E-state index in [1.807, 2.05) is 0 Å². The average Bonchev–Trinajstić information content (AvgIpc) is 3.11. The third-order valence-corrected chi connectivity index (χ3v) is 4.33. The van der Waals surface area contributed by atoms with Gasteiger partial charge in [0.2, 0.25) is 5.88 Å². The zero-order valence-corrected chi connectivity index (χ0v) is 13.2. The van der Waals surface area contributed by atoms with Gasteiger partial charge < -0.3 is 15.6 Å². The van der Waals surface area contributed by atoms with Gasteiger partial charge in [-0.25, -0.2) is 4.39 Å². The Labute approximate surface area is 139 Å². The van der Waals surface area contributed by atoms with E-state index in [9.17, 15) is 9.18 Å². The average molecular weight is 352 g/mol. The van der Waals surface area contributed by atoms with Crippen LogP contribution in [0, 0.1) is 5.82 Å². The Morgan fingerprint density at radius 2 is 2.22 bits per heavy atom. The lowest BCUT2D eigenvalue weighted by Crippen LogP contribution is -2.23. The molecule has 0 unspecified atom stereocenters. The number of aromatic nitrogens is 1. The molecule has 0 saturated carbocycles. The van der Waals surface area contributed by atoms with E-state index in [4.69, 9.17) is 21.9 Å². The van der Waals surface area contributed by atoms with E-state index in [2.05, 4.69) is 10.5 Å². The van der Waals surface area contributed by atoms with Gasteiger partial charge >= 0.3 is 0 Å². The minimum absolute atomic E-state index is 0.0822. The minimum Gasteiger partial charge on any atom is -0.367 e. The number of nitrogens with two attached hydrogens (primary N) is 1. The van der Waals surface area contributed by atoms with Crippen LogP contribution in [0.1, 0.15) is 15.9 Å². The Bertz CT molecular complexity index is 862. The highest BCUT2D eigenvalue weighted by Crippen LogP contribution is 2.34. The fraction of sp³-hybridized carbons (Fsp3) is 0.0667. The molecule has 23 heavy (non-hydrogen) atoms. The molecule has 3 aromatic rings. The smallest absolute Gasteiger partial charge is 0.259 e. The molecule has 0 atom stereocenters. The number of carbonyl (C=O) groups is 1. The van der Waals surface area contributed by atoms with Gasteiger partial charge in [0.05, 0.1) is 9.21 Å². The number of nitrogens with one attached hydrogen (secondary N) is 1. The summed E-state index contributed by atoms with van der Waals surface area (Å²) in [6.07, 6.45) is 0. The molecular formula is C15H11ClFN3O2S. The summed E-state index contributed by atoms with van der Waals surface area (Å²) in [5, 5.41) is 6.49. The number of hydrogen-bond acceptors (Lipinski definition) is 5. The molecule has 0 bridgehead atoms. The van der Waals surface area contributed by atoms with Crippen molar-refractivity contribution in [3.63, 3.8) is 0 Å². The number of halogens is 2. The van der Waals surface area contributed by atoms with Gasteiger partial charge in [0, 0.05) is 6.54 Å². The lowest BCUT2D eigenvalue weighted by atomic mass is 10.1. The summed E-state index contributed by atoms with van der Waals surface area (Å²) in [5.41, 5.74) is 6.80. The molecule has 1 aromatic carbocycles. The van der Waals surface area contributed by atoms with Gasteiger partial charge in [-0.15, -0.1) is 11.3 Å². The summed E-state index contributed by atoms with van der Waals surface area (Å²) in [4.78, 5) is 13.0. The van der Waals surface area contributed by atoms with Crippen LogP contribution in [-0.4, -0.2) is 11.1 Å². The molecule has 3 rings (SSSR count). The van der Waals surface area contributed by atoms with Crippen LogP contribution in [0.4, 0.5) is 10.3 Å². The number of benzene rings is 1. The zero-order valence-electron chi connectivity index (χ0n) is 11.7. The molecule has 0 fully saturated rings. The molecule has 5 nitrogen and oxygen atoms in total. The van der Waals surface area contributed by atoms with Crippen LogP contribution >= 0.6 is 22.9 Å². The van der Waals surface area contributed by atoms with Crippen molar-refractivity contribution < 1.29 is 13.7 Å². The van der Waals surface area contributed by atoms with Crippen molar-refractivity contribution >= 4 is 34.7 Å². The summed E-state index contributed by atoms with van der Waals surface area (Å²) in [6.45, 7) is 0.159. The largest absolute Gasteiger partial charge is 0.367 e. The van der Waals surface area contributed by atoms with Gasteiger partial charge in [0.25, 0.3) is 5.91 Å². The van der Waals surface area contributed by atoms with Gasteiger partial charge in [-0.05, 0) is 29.8 Å². The van der Waals surface area contributed by atoms with E-state index in [1.165, 1.54) is 23.5 Å². The van der Waals surface area contributed by atoms with Crippen molar-refractivity contribution in [2.45, 2.75) is 6.54 Å². The second kappa shape index (κ2) is 6.39. The van der Waals surface area contributed by atoms with Crippen molar-refractivity contribution in [2.24, 2.45) is 0 Å².